The third-order valence-corrected chi connectivity index (χ3v) is 4.29. The zero-order valence-electron chi connectivity index (χ0n) is 9.70. The second kappa shape index (κ2) is 3.78. The number of nitrogens with zero attached hydrogens (tertiary/aromatic N) is 1. The molecule has 0 amide bonds. The third kappa shape index (κ3) is 1.89. The van der Waals surface area contributed by atoms with E-state index in [1.54, 1.807) is 0 Å². The van der Waals surface area contributed by atoms with Gasteiger partial charge in [-0.15, -0.1) is 0 Å². The predicted molar refractivity (Wildman–Crippen MR) is 58.7 cm³/mol. The number of rotatable bonds is 4. The molecule has 1 saturated carbocycles. The van der Waals surface area contributed by atoms with E-state index in [2.05, 4.69) is 18.7 Å². The van der Waals surface area contributed by atoms with Gasteiger partial charge in [-0.1, -0.05) is 13.8 Å². The Balaban J connectivity index is 1.90. The van der Waals surface area contributed by atoms with Crippen molar-refractivity contribution in [3.8, 4) is 0 Å². The highest BCUT2D eigenvalue weighted by Crippen LogP contribution is 2.45. The van der Waals surface area contributed by atoms with E-state index in [0.717, 1.165) is 37.8 Å². The van der Waals surface area contributed by atoms with Gasteiger partial charge in [0, 0.05) is 18.6 Å². The topological polar surface area (TPSA) is 40.5 Å². The fourth-order valence-electron chi connectivity index (χ4n) is 2.79. The van der Waals surface area contributed by atoms with Crippen molar-refractivity contribution in [3.63, 3.8) is 0 Å². The highest BCUT2D eigenvalue weighted by Gasteiger charge is 2.48. The normalized spacial score (nSPS) is 26.1. The van der Waals surface area contributed by atoms with E-state index < -0.39 is 5.97 Å². The van der Waals surface area contributed by atoms with Crippen LogP contribution in [0.25, 0.3) is 0 Å². The smallest absolute Gasteiger partial charge is 0.305 e. The minimum atomic E-state index is -0.636. The van der Waals surface area contributed by atoms with Crippen LogP contribution in [0.1, 0.15) is 39.5 Å². The number of likely N-dealkylation sites (tertiary alicyclic amines) is 1. The molecule has 1 N–H and O–H groups in total. The summed E-state index contributed by atoms with van der Waals surface area (Å²) in [6.07, 6.45) is 3.72. The molecule has 0 radical (unpaired) electrons. The molecule has 0 unspecified atom stereocenters. The van der Waals surface area contributed by atoms with Gasteiger partial charge < -0.3 is 5.11 Å². The first-order valence-electron chi connectivity index (χ1n) is 6.00. The van der Waals surface area contributed by atoms with Gasteiger partial charge in [-0.3, -0.25) is 9.69 Å². The summed E-state index contributed by atoms with van der Waals surface area (Å²) in [5.41, 5.74) is 0.0389. The molecule has 1 saturated heterocycles. The summed E-state index contributed by atoms with van der Waals surface area (Å²) < 4.78 is 0. The average Bonchev–Trinajstić information content (AvgIpc) is 1.94. The van der Waals surface area contributed by atoms with Crippen molar-refractivity contribution in [3.05, 3.63) is 0 Å². The molecule has 2 aliphatic rings. The molecule has 0 atom stereocenters. The van der Waals surface area contributed by atoms with Crippen molar-refractivity contribution < 1.29 is 9.90 Å². The van der Waals surface area contributed by atoms with Gasteiger partial charge >= 0.3 is 5.97 Å². The molecule has 0 aromatic rings. The fraction of sp³-hybridized carbons (Fsp3) is 0.917. The lowest BCUT2D eigenvalue weighted by atomic mass is 9.69. The summed E-state index contributed by atoms with van der Waals surface area (Å²) in [7, 11) is 0. The Kier molecular flexibility index (Phi) is 2.75. The number of hydrogen-bond donors (Lipinski definition) is 1. The number of carboxylic acids is 1. The summed E-state index contributed by atoms with van der Waals surface area (Å²) in [4.78, 5) is 13.3. The Morgan fingerprint density at radius 1 is 1.47 bits per heavy atom. The summed E-state index contributed by atoms with van der Waals surface area (Å²) >= 11 is 0. The molecule has 1 aliphatic heterocycles. The molecule has 0 aromatic heterocycles. The fourth-order valence-corrected chi connectivity index (χ4v) is 2.79. The highest BCUT2D eigenvalue weighted by molar-refractivity contribution is 5.68. The van der Waals surface area contributed by atoms with Crippen molar-refractivity contribution in [1.29, 1.82) is 0 Å². The first kappa shape index (κ1) is 10.9. The highest BCUT2D eigenvalue weighted by atomic mass is 16.4. The van der Waals surface area contributed by atoms with Crippen LogP contribution in [0.15, 0.2) is 0 Å². The summed E-state index contributed by atoms with van der Waals surface area (Å²) in [5, 5.41) is 8.93. The van der Waals surface area contributed by atoms with Gasteiger partial charge in [0.25, 0.3) is 0 Å². The molecule has 1 heterocycles. The van der Waals surface area contributed by atoms with E-state index in [0.29, 0.717) is 6.42 Å². The molecule has 15 heavy (non-hydrogen) atoms. The van der Waals surface area contributed by atoms with Crippen LogP contribution in [0, 0.1) is 11.8 Å². The lowest BCUT2D eigenvalue weighted by Crippen LogP contribution is -2.64. The molecule has 0 bridgehead atoms. The van der Waals surface area contributed by atoms with E-state index in [9.17, 15) is 4.79 Å². The molecule has 0 spiro atoms. The van der Waals surface area contributed by atoms with E-state index >= 15 is 0 Å². The first-order valence-corrected chi connectivity index (χ1v) is 6.00. The second-order valence-corrected chi connectivity index (χ2v) is 5.56. The van der Waals surface area contributed by atoms with Crippen LogP contribution in [0.4, 0.5) is 0 Å². The predicted octanol–water partition coefficient (Wildman–Crippen LogP) is 1.97. The SMILES string of the molecule is CC(C)C1CN(C2(CC(=O)O)CCC2)C1. The summed E-state index contributed by atoms with van der Waals surface area (Å²) in [5.74, 6) is 0.891. The lowest BCUT2D eigenvalue weighted by molar-refractivity contribution is -0.147. The standard InChI is InChI=1S/C12H21NO2/c1-9(2)10-7-13(8-10)12(4-3-5-12)6-11(14)15/h9-10H,3-8H2,1-2H3,(H,14,15). The van der Waals surface area contributed by atoms with Crippen molar-refractivity contribution in [2.45, 2.75) is 45.1 Å². The molecule has 86 valence electrons. The number of aliphatic carboxylic acids is 1. The summed E-state index contributed by atoms with van der Waals surface area (Å²) in [6.45, 7) is 6.75. The average molecular weight is 211 g/mol. The maximum Gasteiger partial charge on any atom is 0.305 e. The van der Waals surface area contributed by atoms with Gasteiger partial charge in [-0.25, -0.2) is 0 Å². The first-order chi connectivity index (χ1) is 7.03. The molecule has 0 aromatic carbocycles. The van der Waals surface area contributed by atoms with Crippen LogP contribution in [0.5, 0.6) is 0 Å². The zero-order valence-corrected chi connectivity index (χ0v) is 9.70. The minimum Gasteiger partial charge on any atom is -0.481 e. The van der Waals surface area contributed by atoms with Crippen LogP contribution in [-0.4, -0.2) is 34.6 Å². The van der Waals surface area contributed by atoms with Gasteiger partial charge in [-0.2, -0.15) is 0 Å². The monoisotopic (exact) mass is 211 g/mol. The molecule has 2 rings (SSSR count). The molecule has 2 fully saturated rings. The minimum absolute atomic E-state index is 0.0389. The van der Waals surface area contributed by atoms with Crippen LogP contribution in [0.2, 0.25) is 0 Å². The second-order valence-electron chi connectivity index (χ2n) is 5.56. The van der Waals surface area contributed by atoms with Crippen LogP contribution in [0.3, 0.4) is 0 Å². The molecular formula is C12H21NO2. The third-order valence-electron chi connectivity index (χ3n) is 4.29. The lowest BCUT2D eigenvalue weighted by Gasteiger charge is -2.57. The Bertz CT molecular complexity index is 252. The zero-order chi connectivity index (χ0) is 11.1. The van der Waals surface area contributed by atoms with Gasteiger partial charge in [0.15, 0.2) is 0 Å². The van der Waals surface area contributed by atoms with Crippen LogP contribution >= 0.6 is 0 Å². The molecule has 3 heteroatoms. The number of hydrogen-bond acceptors (Lipinski definition) is 2. The van der Waals surface area contributed by atoms with Crippen molar-refractivity contribution in [2.75, 3.05) is 13.1 Å². The number of carbonyl (C=O) groups is 1. The van der Waals surface area contributed by atoms with Crippen molar-refractivity contribution >= 4 is 5.97 Å². The van der Waals surface area contributed by atoms with Gasteiger partial charge in [0.2, 0.25) is 0 Å². The number of carboxylic acid groups (broad SMARTS) is 1. The maximum atomic E-state index is 10.8. The maximum absolute atomic E-state index is 10.8. The largest absolute Gasteiger partial charge is 0.481 e. The summed E-state index contributed by atoms with van der Waals surface area (Å²) in [6, 6.07) is 0. The Morgan fingerprint density at radius 2 is 2.07 bits per heavy atom. The molecule has 3 nitrogen and oxygen atoms in total. The van der Waals surface area contributed by atoms with E-state index in [1.165, 1.54) is 6.42 Å². The van der Waals surface area contributed by atoms with E-state index in [-0.39, 0.29) is 5.54 Å². The Hall–Kier alpha value is -0.570. The van der Waals surface area contributed by atoms with Crippen LogP contribution < -0.4 is 0 Å². The van der Waals surface area contributed by atoms with Gasteiger partial charge in [0.1, 0.15) is 0 Å². The molecular weight excluding hydrogens is 190 g/mol. The van der Waals surface area contributed by atoms with Gasteiger partial charge in [-0.05, 0) is 31.1 Å². The quantitative estimate of drug-likeness (QED) is 0.773. The van der Waals surface area contributed by atoms with Crippen molar-refractivity contribution in [2.24, 2.45) is 11.8 Å². The van der Waals surface area contributed by atoms with Crippen LogP contribution in [-0.2, 0) is 4.79 Å². The molecule has 1 aliphatic carbocycles. The van der Waals surface area contributed by atoms with Crippen molar-refractivity contribution in [1.82, 2.24) is 4.90 Å². The Labute approximate surface area is 91.5 Å². The van der Waals surface area contributed by atoms with Gasteiger partial charge in [0.05, 0.1) is 6.42 Å². The van der Waals surface area contributed by atoms with E-state index in [1.807, 2.05) is 0 Å². The van der Waals surface area contributed by atoms with E-state index in [4.69, 9.17) is 5.11 Å². The Morgan fingerprint density at radius 3 is 2.40 bits per heavy atom.